The van der Waals surface area contributed by atoms with Crippen LogP contribution in [0.1, 0.15) is 20.1 Å². The van der Waals surface area contributed by atoms with E-state index in [0.29, 0.717) is 18.0 Å². The number of anilines is 1. The van der Waals surface area contributed by atoms with Gasteiger partial charge in [-0.25, -0.2) is 4.79 Å². The molecule has 1 aromatic carbocycles. The zero-order valence-electron chi connectivity index (χ0n) is 10.6. The van der Waals surface area contributed by atoms with Gasteiger partial charge in [-0.05, 0) is 29.8 Å². The van der Waals surface area contributed by atoms with Crippen molar-refractivity contribution in [3.8, 4) is 0 Å². The average molecular weight is 277 g/mol. The fraction of sp³-hybridized carbons (Fsp3) is 0.214. The Bertz CT molecular complexity index is 565. The van der Waals surface area contributed by atoms with Crippen LogP contribution in [0.25, 0.3) is 0 Å². The van der Waals surface area contributed by atoms with Crippen LogP contribution in [0.15, 0.2) is 36.4 Å². The molecule has 0 aliphatic rings. The molecule has 2 rings (SSSR count). The van der Waals surface area contributed by atoms with Crippen LogP contribution in [0.2, 0.25) is 0 Å². The minimum absolute atomic E-state index is 0.366. The van der Waals surface area contributed by atoms with Gasteiger partial charge in [0.25, 0.3) is 0 Å². The highest BCUT2D eigenvalue weighted by Crippen LogP contribution is 2.18. The summed E-state index contributed by atoms with van der Waals surface area (Å²) in [5.74, 6) is -0.877. The molecular formula is C14H15NO3S. The minimum Gasteiger partial charge on any atom is -0.477 e. The van der Waals surface area contributed by atoms with Gasteiger partial charge in [-0.1, -0.05) is 12.1 Å². The highest BCUT2D eigenvalue weighted by Gasteiger charge is 2.06. The Labute approximate surface area is 115 Å². The molecule has 100 valence electrons. The van der Waals surface area contributed by atoms with Crippen LogP contribution >= 0.6 is 11.3 Å². The molecule has 0 atom stereocenters. The van der Waals surface area contributed by atoms with E-state index in [1.165, 1.54) is 11.3 Å². The summed E-state index contributed by atoms with van der Waals surface area (Å²) in [6.07, 6.45) is 0. The van der Waals surface area contributed by atoms with Crippen molar-refractivity contribution in [1.82, 2.24) is 0 Å². The summed E-state index contributed by atoms with van der Waals surface area (Å²) in [7, 11) is 1.67. The van der Waals surface area contributed by atoms with Gasteiger partial charge in [-0.2, -0.15) is 0 Å². The van der Waals surface area contributed by atoms with Crippen molar-refractivity contribution >= 4 is 23.0 Å². The zero-order valence-corrected chi connectivity index (χ0v) is 11.4. The topological polar surface area (TPSA) is 58.6 Å². The molecule has 0 bridgehead atoms. The number of carboxylic acids is 1. The number of rotatable bonds is 6. The van der Waals surface area contributed by atoms with Crippen LogP contribution in [0, 0.1) is 0 Å². The highest BCUT2D eigenvalue weighted by atomic mass is 32.1. The third kappa shape index (κ3) is 3.81. The van der Waals surface area contributed by atoms with E-state index in [4.69, 9.17) is 9.84 Å². The number of nitrogens with one attached hydrogen (secondary N) is 1. The monoisotopic (exact) mass is 277 g/mol. The first kappa shape index (κ1) is 13.6. The molecule has 0 saturated heterocycles. The van der Waals surface area contributed by atoms with Gasteiger partial charge in [0.2, 0.25) is 0 Å². The summed E-state index contributed by atoms with van der Waals surface area (Å²) < 4.78 is 5.08. The Morgan fingerprint density at radius 3 is 2.89 bits per heavy atom. The number of hydrogen-bond donors (Lipinski definition) is 2. The normalized spacial score (nSPS) is 10.4. The lowest BCUT2D eigenvalue weighted by atomic mass is 10.2. The van der Waals surface area contributed by atoms with Gasteiger partial charge in [0.15, 0.2) is 0 Å². The molecule has 0 aliphatic heterocycles. The van der Waals surface area contributed by atoms with Gasteiger partial charge in [-0.15, -0.1) is 11.3 Å². The molecule has 2 N–H and O–H groups in total. The van der Waals surface area contributed by atoms with Crippen molar-refractivity contribution in [3.63, 3.8) is 0 Å². The quantitative estimate of drug-likeness (QED) is 0.851. The number of carbonyl (C=O) groups is 1. The molecule has 0 fully saturated rings. The summed E-state index contributed by atoms with van der Waals surface area (Å²) >= 11 is 1.29. The largest absolute Gasteiger partial charge is 0.477 e. The summed E-state index contributed by atoms with van der Waals surface area (Å²) in [5.41, 5.74) is 2.10. The van der Waals surface area contributed by atoms with Crippen LogP contribution in [-0.4, -0.2) is 18.2 Å². The van der Waals surface area contributed by atoms with Gasteiger partial charge in [0, 0.05) is 24.2 Å². The van der Waals surface area contributed by atoms with E-state index in [1.807, 2.05) is 30.3 Å². The van der Waals surface area contributed by atoms with Crippen LogP contribution in [0.3, 0.4) is 0 Å². The number of benzene rings is 1. The number of aromatic carboxylic acids is 1. The second-order valence-electron chi connectivity index (χ2n) is 4.06. The smallest absolute Gasteiger partial charge is 0.345 e. The Morgan fingerprint density at radius 1 is 1.37 bits per heavy atom. The van der Waals surface area contributed by atoms with Crippen LogP contribution in [-0.2, 0) is 17.9 Å². The molecule has 4 nitrogen and oxygen atoms in total. The average Bonchev–Trinajstić information content (AvgIpc) is 2.86. The molecule has 19 heavy (non-hydrogen) atoms. The van der Waals surface area contributed by atoms with Crippen LogP contribution in [0.5, 0.6) is 0 Å². The van der Waals surface area contributed by atoms with Gasteiger partial charge in [-0.3, -0.25) is 0 Å². The SMILES string of the molecule is COCc1cccc(NCc2ccc(C(=O)O)s2)c1. The Balaban J connectivity index is 1.97. The van der Waals surface area contributed by atoms with E-state index < -0.39 is 5.97 Å². The molecule has 5 heteroatoms. The number of hydrogen-bond acceptors (Lipinski definition) is 4. The summed E-state index contributed by atoms with van der Waals surface area (Å²) in [5, 5.41) is 12.1. The second kappa shape index (κ2) is 6.36. The second-order valence-corrected chi connectivity index (χ2v) is 5.23. The predicted molar refractivity (Wildman–Crippen MR) is 75.8 cm³/mol. The molecule has 0 unspecified atom stereocenters. The Kier molecular flexibility index (Phi) is 4.54. The standard InChI is InChI=1S/C14H15NO3S/c1-18-9-10-3-2-4-11(7-10)15-8-12-5-6-13(19-12)14(16)17/h2-7,15H,8-9H2,1H3,(H,16,17). The van der Waals surface area contributed by atoms with E-state index >= 15 is 0 Å². The third-order valence-corrected chi connectivity index (χ3v) is 3.65. The number of methoxy groups -OCH3 is 1. The molecular weight excluding hydrogens is 262 g/mol. The van der Waals surface area contributed by atoms with Gasteiger partial charge >= 0.3 is 5.97 Å². The Morgan fingerprint density at radius 2 is 2.21 bits per heavy atom. The number of carboxylic acid groups (broad SMARTS) is 1. The predicted octanol–water partition coefficient (Wildman–Crippen LogP) is 3.20. The summed E-state index contributed by atoms with van der Waals surface area (Å²) in [4.78, 5) is 12.1. The lowest BCUT2D eigenvalue weighted by Gasteiger charge is -2.07. The molecule has 2 aromatic rings. The lowest BCUT2D eigenvalue weighted by Crippen LogP contribution is -1.98. The van der Waals surface area contributed by atoms with Crippen molar-refractivity contribution in [2.24, 2.45) is 0 Å². The molecule has 0 aliphatic carbocycles. The Hall–Kier alpha value is -1.85. The first-order chi connectivity index (χ1) is 9.19. The van der Waals surface area contributed by atoms with E-state index in [2.05, 4.69) is 5.32 Å². The first-order valence-electron chi connectivity index (χ1n) is 5.83. The van der Waals surface area contributed by atoms with Gasteiger partial charge < -0.3 is 15.2 Å². The summed E-state index contributed by atoms with van der Waals surface area (Å²) in [6, 6.07) is 11.4. The maximum atomic E-state index is 10.8. The van der Waals surface area contributed by atoms with Crippen molar-refractivity contribution < 1.29 is 14.6 Å². The third-order valence-electron chi connectivity index (χ3n) is 2.58. The maximum absolute atomic E-state index is 10.8. The van der Waals surface area contributed by atoms with E-state index in [9.17, 15) is 4.79 Å². The molecule has 0 saturated carbocycles. The van der Waals surface area contributed by atoms with Crippen molar-refractivity contribution in [2.45, 2.75) is 13.2 Å². The van der Waals surface area contributed by atoms with E-state index in [0.717, 1.165) is 16.1 Å². The van der Waals surface area contributed by atoms with Crippen LogP contribution in [0.4, 0.5) is 5.69 Å². The fourth-order valence-electron chi connectivity index (χ4n) is 1.71. The molecule has 1 heterocycles. The van der Waals surface area contributed by atoms with Gasteiger partial charge in [0.1, 0.15) is 4.88 Å². The zero-order chi connectivity index (χ0) is 13.7. The fourth-order valence-corrected chi connectivity index (χ4v) is 2.50. The minimum atomic E-state index is -0.877. The van der Waals surface area contributed by atoms with E-state index in [-0.39, 0.29) is 0 Å². The van der Waals surface area contributed by atoms with Crippen LogP contribution < -0.4 is 5.32 Å². The molecule has 0 amide bonds. The maximum Gasteiger partial charge on any atom is 0.345 e. The van der Waals surface area contributed by atoms with E-state index in [1.54, 1.807) is 13.2 Å². The summed E-state index contributed by atoms with van der Waals surface area (Å²) in [6.45, 7) is 1.20. The molecule has 1 aromatic heterocycles. The molecule has 0 radical (unpaired) electrons. The van der Waals surface area contributed by atoms with Gasteiger partial charge in [0.05, 0.1) is 6.61 Å². The first-order valence-corrected chi connectivity index (χ1v) is 6.64. The van der Waals surface area contributed by atoms with Crippen molar-refractivity contribution in [2.75, 3.05) is 12.4 Å². The van der Waals surface area contributed by atoms with Crippen molar-refractivity contribution in [3.05, 3.63) is 51.7 Å². The lowest BCUT2D eigenvalue weighted by molar-refractivity contribution is 0.0702. The number of ether oxygens (including phenoxy) is 1. The molecule has 0 spiro atoms. The number of thiophene rings is 1. The van der Waals surface area contributed by atoms with Crippen molar-refractivity contribution in [1.29, 1.82) is 0 Å². The highest BCUT2D eigenvalue weighted by molar-refractivity contribution is 7.13.